The van der Waals surface area contributed by atoms with Crippen molar-refractivity contribution in [2.45, 2.75) is 24.3 Å². The minimum absolute atomic E-state index is 0.279. The Balaban J connectivity index is 1.78. The first-order chi connectivity index (χ1) is 7.75. The van der Waals surface area contributed by atoms with Gasteiger partial charge < -0.3 is 5.11 Å². The number of carboxylic acids is 1. The normalized spacial score (nSPS) is 24.5. The zero-order valence-electron chi connectivity index (χ0n) is 8.93. The summed E-state index contributed by atoms with van der Waals surface area (Å²) in [7, 11) is 0. The van der Waals surface area contributed by atoms with Gasteiger partial charge in [-0.25, -0.2) is 0 Å². The molecule has 0 amide bonds. The van der Waals surface area contributed by atoms with Crippen molar-refractivity contribution in [2.24, 2.45) is 0 Å². The summed E-state index contributed by atoms with van der Waals surface area (Å²) in [5, 5.41) is 12.2. The molecule has 1 aliphatic rings. The fourth-order valence-electron chi connectivity index (χ4n) is 1.78. The summed E-state index contributed by atoms with van der Waals surface area (Å²) in [6.07, 6.45) is 1.98. The SMILES string of the molecule is O=C(O)[C@@H]1CS[C@H](CCc2ccccc2)N1. The number of carbonyl (C=O) groups is 1. The summed E-state index contributed by atoms with van der Waals surface area (Å²) in [6, 6.07) is 9.91. The Morgan fingerprint density at radius 1 is 1.44 bits per heavy atom. The second-order valence-electron chi connectivity index (χ2n) is 3.90. The molecule has 1 aromatic rings. The molecule has 0 spiro atoms. The van der Waals surface area contributed by atoms with Gasteiger partial charge in [0.2, 0.25) is 0 Å². The van der Waals surface area contributed by atoms with Crippen LogP contribution in [0, 0.1) is 0 Å². The van der Waals surface area contributed by atoms with Crippen molar-refractivity contribution in [1.29, 1.82) is 0 Å². The molecule has 1 aliphatic heterocycles. The molecular weight excluding hydrogens is 222 g/mol. The highest BCUT2D eigenvalue weighted by Crippen LogP contribution is 2.22. The molecule has 0 saturated carbocycles. The van der Waals surface area contributed by atoms with Crippen molar-refractivity contribution in [1.82, 2.24) is 5.32 Å². The van der Waals surface area contributed by atoms with Crippen LogP contribution < -0.4 is 5.32 Å². The average molecular weight is 237 g/mol. The van der Waals surface area contributed by atoms with Gasteiger partial charge in [0.15, 0.2) is 0 Å². The largest absolute Gasteiger partial charge is 0.480 e. The number of aryl methyl sites for hydroxylation is 1. The van der Waals surface area contributed by atoms with Crippen LogP contribution in [0.5, 0.6) is 0 Å². The first-order valence-electron chi connectivity index (χ1n) is 5.40. The standard InChI is InChI=1S/C12H15NO2S/c14-12(15)10-8-16-11(13-10)7-6-9-4-2-1-3-5-9/h1-5,10-11,13H,6-8H2,(H,14,15)/t10-,11+/m0/s1. The van der Waals surface area contributed by atoms with E-state index >= 15 is 0 Å². The fourth-order valence-corrected chi connectivity index (χ4v) is 2.99. The Hall–Kier alpha value is -1.00. The van der Waals surface area contributed by atoms with Crippen LogP contribution in [-0.2, 0) is 11.2 Å². The van der Waals surface area contributed by atoms with Crippen LogP contribution in [0.3, 0.4) is 0 Å². The second-order valence-corrected chi connectivity index (χ2v) is 5.14. The van der Waals surface area contributed by atoms with Crippen molar-refractivity contribution in [3.05, 3.63) is 35.9 Å². The highest BCUT2D eigenvalue weighted by molar-refractivity contribution is 8.00. The van der Waals surface area contributed by atoms with Crippen LogP contribution in [0.4, 0.5) is 0 Å². The van der Waals surface area contributed by atoms with Gasteiger partial charge in [-0.1, -0.05) is 30.3 Å². The zero-order valence-corrected chi connectivity index (χ0v) is 9.74. The summed E-state index contributed by atoms with van der Waals surface area (Å²) in [5.74, 6) is -0.0656. The number of aliphatic carboxylic acids is 1. The number of nitrogens with one attached hydrogen (secondary N) is 1. The van der Waals surface area contributed by atoms with Gasteiger partial charge in [0.1, 0.15) is 6.04 Å². The van der Waals surface area contributed by atoms with Crippen LogP contribution in [-0.4, -0.2) is 28.2 Å². The molecule has 2 atom stereocenters. The van der Waals surface area contributed by atoms with Gasteiger partial charge in [-0.2, -0.15) is 0 Å². The average Bonchev–Trinajstić information content (AvgIpc) is 2.76. The van der Waals surface area contributed by atoms with E-state index in [2.05, 4.69) is 17.4 Å². The molecule has 1 fully saturated rings. The maximum Gasteiger partial charge on any atom is 0.321 e. The lowest BCUT2D eigenvalue weighted by Crippen LogP contribution is -2.36. The predicted molar refractivity (Wildman–Crippen MR) is 65.6 cm³/mol. The van der Waals surface area contributed by atoms with Gasteiger partial charge in [0.05, 0.1) is 5.37 Å². The molecule has 86 valence electrons. The van der Waals surface area contributed by atoms with Crippen LogP contribution in [0.2, 0.25) is 0 Å². The Kier molecular flexibility index (Phi) is 3.85. The molecule has 3 nitrogen and oxygen atoms in total. The van der Waals surface area contributed by atoms with E-state index < -0.39 is 5.97 Å². The molecule has 16 heavy (non-hydrogen) atoms. The van der Waals surface area contributed by atoms with E-state index in [0.29, 0.717) is 5.75 Å². The van der Waals surface area contributed by atoms with E-state index in [1.807, 2.05) is 18.2 Å². The molecule has 1 aromatic carbocycles. The molecule has 0 radical (unpaired) electrons. The lowest BCUT2D eigenvalue weighted by atomic mass is 10.1. The number of thioether (sulfide) groups is 1. The molecular formula is C12H15NO2S. The predicted octanol–water partition coefficient (Wildman–Crippen LogP) is 1.73. The van der Waals surface area contributed by atoms with Gasteiger partial charge in [0, 0.05) is 5.75 Å². The minimum atomic E-state index is -0.741. The third-order valence-corrected chi connectivity index (χ3v) is 3.99. The zero-order chi connectivity index (χ0) is 11.4. The Morgan fingerprint density at radius 3 is 2.81 bits per heavy atom. The molecule has 4 heteroatoms. The molecule has 1 heterocycles. The van der Waals surface area contributed by atoms with Crippen molar-refractivity contribution in [3.8, 4) is 0 Å². The van der Waals surface area contributed by atoms with Crippen LogP contribution in [0.25, 0.3) is 0 Å². The number of hydrogen-bond donors (Lipinski definition) is 2. The smallest absolute Gasteiger partial charge is 0.321 e. The topological polar surface area (TPSA) is 49.3 Å². The number of carboxylic acid groups (broad SMARTS) is 1. The number of benzene rings is 1. The maximum absolute atomic E-state index is 10.7. The van der Waals surface area contributed by atoms with Gasteiger partial charge in [-0.05, 0) is 18.4 Å². The fraction of sp³-hybridized carbons (Fsp3) is 0.417. The lowest BCUT2D eigenvalue weighted by Gasteiger charge is -2.10. The van der Waals surface area contributed by atoms with Crippen LogP contribution in [0.1, 0.15) is 12.0 Å². The van der Waals surface area contributed by atoms with Crippen molar-refractivity contribution >= 4 is 17.7 Å². The Labute approximate surface area is 99.2 Å². The van der Waals surface area contributed by atoms with Crippen molar-refractivity contribution in [2.75, 3.05) is 5.75 Å². The molecule has 0 aromatic heterocycles. The van der Waals surface area contributed by atoms with E-state index in [1.54, 1.807) is 11.8 Å². The van der Waals surface area contributed by atoms with E-state index in [9.17, 15) is 4.79 Å². The highest BCUT2D eigenvalue weighted by Gasteiger charge is 2.28. The lowest BCUT2D eigenvalue weighted by molar-refractivity contribution is -0.138. The van der Waals surface area contributed by atoms with Gasteiger partial charge in [-0.3, -0.25) is 10.1 Å². The first kappa shape index (κ1) is 11.5. The Morgan fingerprint density at radius 2 is 2.19 bits per heavy atom. The van der Waals surface area contributed by atoms with Gasteiger partial charge in [-0.15, -0.1) is 11.8 Å². The molecule has 0 unspecified atom stereocenters. The highest BCUT2D eigenvalue weighted by atomic mass is 32.2. The second kappa shape index (κ2) is 5.37. The third-order valence-electron chi connectivity index (χ3n) is 2.69. The molecule has 0 aliphatic carbocycles. The van der Waals surface area contributed by atoms with E-state index in [-0.39, 0.29) is 11.4 Å². The monoisotopic (exact) mass is 237 g/mol. The van der Waals surface area contributed by atoms with Crippen LogP contribution >= 0.6 is 11.8 Å². The summed E-state index contributed by atoms with van der Waals surface area (Å²) in [6.45, 7) is 0. The quantitative estimate of drug-likeness (QED) is 0.837. The summed E-state index contributed by atoms with van der Waals surface area (Å²) in [4.78, 5) is 10.7. The summed E-state index contributed by atoms with van der Waals surface area (Å²) < 4.78 is 0. The van der Waals surface area contributed by atoms with Crippen molar-refractivity contribution in [3.63, 3.8) is 0 Å². The summed E-state index contributed by atoms with van der Waals surface area (Å²) >= 11 is 1.71. The van der Waals surface area contributed by atoms with Crippen LogP contribution in [0.15, 0.2) is 30.3 Å². The van der Waals surface area contributed by atoms with Gasteiger partial charge in [0.25, 0.3) is 0 Å². The number of rotatable bonds is 4. The number of hydrogen-bond acceptors (Lipinski definition) is 3. The minimum Gasteiger partial charge on any atom is -0.480 e. The third kappa shape index (κ3) is 3.00. The molecule has 2 rings (SSSR count). The van der Waals surface area contributed by atoms with E-state index in [0.717, 1.165) is 12.8 Å². The Bertz CT molecular complexity index is 355. The summed E-state index contributed by atoms with van der Waals surface area (Å²) in [5.41, 5.74) is 1.31. The van der Waals surface area contributed by atoms with Crippen molar-refractivity contribution < 1.29 is 9.90 Å². The molecule has 0 bridgehead atoms. The van der Waals surface area contributed by atoms with E-state index in [1.165, 1.54) is 5.56 Å². The molecule has 2 N–H and O–H groups in total. The van der Waals surface area contributed by atoms with Gasteiger partial charge >= 0.3 is 5.97 Å². The maximum atomic E-state index is 10.7. The molecule has 1 saturated heterocycles. The first-order valence-corrected chi connectivity index (χ1v) is 6.45. The van der Waals surface area contributed by atoms with E-state index in [4.69, 9.17) is 5.11 Å².